The van der Waals surface area contributed by atoms with Crippen molar-refractivity contribution in [3.63, 3.8) is 0 Å². The largest absolute Gasteiger partial charge is 0.388 e. The SMILES string of the molecule is CSc1nc(CO)nc(SC)n1. The van der Waals surface area contributed by atoms with Crippen molar-refractivity contribution in [1.29, 1.82) is 0 Å². The Morgan fingerprint density at radius 3 is 1.92 bits per heavy atom. The summed E-state index contributed by atoms with van der Waals surface area (Å²) in [5.41, 5.74) is 0. The van der Waals surface area contributed by atoms with Crippen molar-refractivity contribution in [1.82, 2.24) is 15.0 Å². The van der Waals surface area contributed by atoms with Gasteiger partial charge in [-0.1, -0.05) is 23.5 Å². The fourth-order valence-electron chi connectivity index (χ4n) is 0.631. The first-order valence-electron chi connectivity index (χ1n) is 3.24. The molecule has 0 radical (unpaired) electrons. The third kappa shape index (κ3) is 2.33. The van der Waals surface area contributed by atoms with Gasteiger partial charge < -0.3 is 5.11 Å². The van der Waals surface area contributed by atoms with Gasteiger partial charge in [-0.05, 0) is 12.5 Å². The molecule has 0 aromatic carbocycles. The Kier molecular flexibility index (Phi) is 3.77. The first-order valence-corrected chi connectivity index (χ1v) is 5.69. The Morgan fingerprint density at radius 1 is 1.08 bits per heavy atom. The molecule has 4 nitrogen and oxygen atoms in total. The molecular formula is C6H9N3OS2. The topological polar surface area (TPSA) is 58.9 Å². The van der Waals surface area contributed by atoms with E-state index in [2.05, 4.69) is 15.0 Å². The van der Waals surface area contributed by atoms with Gasteiger partial charge in [0.15, 0.2) is 16.1 Å². The van der Waals surface area contributed by atoms with E-state index in [0.29, 0.717) is 16.1 Å². The molecule has 0 atom stereocenters. The zero-order chi connectivity index (χ0) is 8.97. The van der Waals surface area contributed by atoms with Crippen LogP contribution in [0.2, 0.25) is 0 Å². The number of rotatable bonds is 3. The number of hydrogen-bond donors (Lipinski definition) is 1. The Balaban J connectivity index is 3.01. The smallest absolute Gasteiger partial charge is 0.191 e. The van der Waals surface area contributed by atoms with Crippen LogP contribution in [-0.4, -0.2) is 32.6 Å². The van der Waals surface area contributed by atoms with Gasteiger partial charge in [0.1, 0.15) is 6.61 Å². The summed E-state index contributed by atoms with van der Waals surface area (Å²) in [6.07, 6.45) is 3.78. The minimum absolute atomic E-state index is 0.135. The Labute approximate surface area is 79.2 Å². The van der Waals surface area contributed by atoms with Crippen LogP contribution in [0, 0.1) is 0 Å². The Bertz CT molecular complexity index is 214. The highest BCUT2D eigenvalue weighted by molar-refractivity contribution is 7.99. The molecule has 0 unspecified atom stereocenters. The molecule has 0 spiro atoms. The number of hydrogen-bond acceptors (Lipinski definition) is 6. The lowest BCUT2D eigenvalue weighted by Crippen LogP contribution is -2.00. The van der Waals surface area contributed by atoms with Crippen LogP contribution in [0.5, 0.6) is 0 Å². The minimum atomic E-state index is -0.135. The molecule has 0 bridgehead atoms. The maximum absolute atomic E-state index is 8.81. The molecule has 0 fully saturated rings. The van der Waals surface area contributed by atoms with Crippen LogP contribution in [0.4, 0.5) is 0 Å². The molecule has 0 aliphatic rings. The maximum atomic E-state index is 8.81. The predicted octanol–water partition coefficient (Wildman–Crippen LogP) is 0.808. The molecule has 1 heterocycles. The van der Waals surface area contributed by atoms with E-state index in [1.54, 1.807) is 0 Å². The molecule has 6 heteroatoms. The highest BCUT2D eigenvalue weighted by atomic mass is 32.2. The van der Waals surface area contributed by atoms with Gasteiger partial charge in [0.25, 0.3) is 0 Å². The predicted molar refractivity (Wildman–Crippen MR) is 49.3 cm³/mol. The van der Waals surface area contributed by atoms with Crippen molar-refractivity contribution in [2.24, 2.45) is 0 Å². The summed E-state index contributed by atoms with van der Waals surface area (Å²) in [6, 6.07) is 0. The summed E-state index contributed by atoms with van der Waals surface area (Å²) in [5.74, 6) is 0.429. The normalized spacial score (nSPS) is 10.2. The molecular weight excluding hydrogens is 194 g/mol. The summed E-state index contributed by atoms with van der Waals surface area (Å²) in [5, 5.41) is 10.1. The standard InChI is InChI=1S/C6H9N3OS2/c1-11-5-7-4(3-10)8-6(9-5)12-2/h10H,3H2,1-2H3. The monoisotopic (exact) mass is 203 g/mol. The average Bonchev–Trinajstić information content (AvgIpc) is 2.16. The van der Waals surface area contributed by atoms with E-state index in [0.717, 1.165) is 0 Å². The second kappa shape index (κ2) is 4.64. The van der Waals surface area contributed by atoms with Gasteiger partial charge in [-0.25, -0.2) is 9.97 Å². The van der Waals surface area contributed by atoms with Gasteiger partial charge in [-0.2, -0.15) is 4.98 Å². The van der Waals surface area contributed by atoms with E-state index in [1.807, 2.05) is 12.5 Å². The van der Waals surface area contributed by atoms with Crippen LogP contribution in [0.15, 0.2) is 10.3 Å². The van der Waals surface area contributed by atoms with Gasteiger partial charge in [-0.15, -0.1) is 0 Å². The second-order valence-corrected chi connectivity index (χ2v) is 3.43. The Hall–Kier alpha value is -0.330. The number of aliphatic hydroxyl groups is 1. The van der Waals surface area contributed by atoms with Crippen LogP contribution in [0.3, 0.4) is 0 Å². The van der Waals surface area contributed by atoms with E-state index in [1.165, 1.54) is 23.5 Å². The van der Waals surface area contributed by atoms with Crippen LogP contribution < -0.4 is 0 Å². The lowest BCUT2D eigenvalue weighted by Gasteiger charge is -2.00. The lowest BCUT2D eigenvalue weighted by atomic mass is 10.7. The lowest BCUT2D eigenvalue weighted by molar-refractivity contribution is 0.268. The average molecular weight is 203 g/mol. The summed E-state index contributed by atoms with van der Waals surface area (Å²) < 4.78 is 0. The molecule has 0 saturated heterocycles. The molecule has 1 aromatic heterocycles. The summed E-state index contributed by atoms with van der Waals surface area (Å²) >= 11 is 2.88. The fraction of sp³-hybridized carbons (Fsp3) is 0.500. The number of aliphatic hydroxyl groups excluding tert-OH is 1. The van der Waals surface area contributed by atoms with Crippen molar-refractivity contribution in [2.45, 2.75) is 16.9 Å². The molecule has 1 rings (SSSR count). The van der Waals surface area contributed by atoms with Crippen molar-refractivity contribution in [3.05, 3.63) is 5.82 Å². The van der Waals surface area contributed by atoms with Crippen molar-refractivity contribution in [2.75, 3.05) is 12.5 Å². The van der Waals surface area contributed by atoms with E-state index < -0.39 is 0 Å². The molecule has 0 amide bonds. The zero-order valence-electron chi connectivity index (χ0n) is 6.81. The molecule has 0 aliphatic carbocycles. The van der Waals surface area contributed by atoms with Gasteiger partial charge in [-0.3, -0.25) is 0 Å². The third-order valence-electron chi connectivity index (χ3n) is 1.15. The molecule has 12 heavy (non-hydrogen) atoms. The summed E-state index contributed by atoms with van der Waals surface area (Å²) in [7, 11) is 0. The van der Waals surface area contributed by atoms with Crippen LogP contribution in [0.1, 0.15) is 5.82 Å². The summed E-state index contributed by atoms with van der Waals surface area (Å²) in [4.78, 5) is 12.1. The van der Waals surface area contributed by atoms with E-state index in [4.69, 9.17) is 5.11 Å². The second-order valence-electron chi connectivity index (χ2n) is 1.88. The van der Waals surface area contributed by atoms with Gasteiger partial charge >= 0.3 is 0 Å². The van der Waals surface area contributed by atoms with E-state index >= 15 is 0 Å². The molecule has 1 N–H and O–H groups in total. The summed E-state index contributed by atoms with van der Waals surface area (Å²) in [6.45, 7) is -0.135. The fourth-order valence-corrected chi connectivity index (χ4v) is 1.44. The van der Waals surface area contributed by atoms with E-state index in [-0.39, 0.29) is 6.61 Å². The highest BCUT2D eigenvalue weighted by Crippen LogP contribution is 2.13. The number of aromatic nitrogens is 3. The van der Waals surface area contributed by atoms with Crippen molar-refractivity contribution < 1.29 is 5.11 Å². The first kappa shape index (κ1) is 9.76. The Morgan fingerprint density at radius 2 is 1.58 bits per heavy atom. The molecule has 66 valence electrons. The van der Waals surface area contributed by atoms with E-state index in [9.17, 15) is 0 Å². The third-order valence-corrected chi connectivity index (χ3v) is 2.24. The molecule has 1 aromatic rings. The van der Waals surface area contributed by atoms with Gasteiger partial charge in [0.2, 0.25) is 0 Å². The molecule has 0 aliphatic heterocycles. The van der Waals surface area contributed by atoms with Crippen molar-refractivity contribution in [3.8, 4) is 0 Å². The van der Waals surface area contributed by atoms with Gasteiger partial charge in [0, 0.05) is 0 Å². The van der Waals surface area contributed by atoms with Crippen LogP contribution >= 0.6 is 23.5 Å². The zero-order valence-corrected chi connectivity index (χ0v) is 8.45. The number of thioether (sulfide) groups is 2. The maximum Gasteiger partial charge on any atom is 0.191 e. The molecule has 0 saturated carbocycles. The van der Waals surface area contributed by atoms with Crippen molar-refractivity contribution >= 4 is 23.5 Å². The first-order chi connectivity index (χ1) is 5.80. The van der Waals surface area contributed by atoms with Crippen LogP contribution in [0.25, 0.3) is 0 Å². The van der Waals surface area contributed by atoms with Gasteiger partial charge in [0.05, 0.1) is 0 Å². The highest BCUT2D eigenvalue weighted by Gasteiger charge is 2.02. The van der Waals surface area contributed by atoms with Crippen LogP contribution in [-0.2, 0) is 6.61 Å². The quantitative estimate of drug-likeness (QED) is 0.734. The number of nitrogens with zero attached hydrogens (tertiary/aromatic N) is 3. The minimum Gasteiger partial charge on any atom is -0.388 e.